The molecule has 2 aromatic rings. The molecular weight excluding hydrogens is 318 g/mol. The van der Waals surface area contributed by atoms with Crippen LogP contribution in [0.1, 0.15) is 16.1 Å². The van der Waals surface area contributed by atoms with Crippen LogP contribution in [0.25, 0.3) is 0 Å². The standard InChI is InChI=1S/C15H16BrN3O/c1-18-6-5-14(17-18)15(20)19-9-12(10-19)7-11-3-2-4-13(16)8-11/h2-6,8,12H,7,9-10H2,1H3. The summed E-state index contributed by atoms with van der Waals surface area (Å²) in [5, 5.41) is 4.15. The first-order chi connectivity index (χ1) is 9.61. The molecule has 1 saturated heterocycles. The van der Waals surface area contributed by atoms with E-state index in [0.29, 0.717) is 11.6 Å². The van der Waals surface area contributed by atoms with Crippen molar-refractivity contribution in [2.45, 2.75) is 6.42 Å². The molecule has 0 atom stereocenters. The fourth-order valence-corrected chi connectivity index (χ4v) is 3.00. The number of halogens is 1. The van der Waals surface area contributed by atoms with Crippen LogP contribution in [0.5, 0.6) is 0 Å². The number of likely N-dealkylation sites (tertiary alicyclic amines) is 1. The highest BCUT2D eigenvalue weighted by Gasteiger charge is 2.32. The molecule has 0 unspecified atom stereocenters. The summed E-state index contributed by atoms with van der Waals surface area (Å²) in [7, 11) is 1.82. The lowest BCUT2D eigenvalue weighted by atomic mass is 9.92. The maximum atomic E-state index is 12.1. The number of carbonyl (C=O) groups excluding carboxylic acids is 1. The molecule has 0 saturated carbocycles. The average Bonchev–Trinajstić information content (AvgIpc) is 2.79. The van der Waals surface area contributed by atoms with Crippen LogP contribution in [0.2, 0.25) is 0 Å². The zero-order chi connectivity index (χ0) is 14.1. The van der Waals surface area contributed by atoms with E-state index in [1.807, 2.05) is 18.0 Å². The van der Waals surface area contributed by atoms with E-state index in [1.54, 1.807) is 16.9 Å². The third-order valence-corrected chi connectivity index (χ3v) is 4.08. The van der Waals surface area contributed by atoms with Crippen LogP contribution in [0.4, 0.5) is 0 Å². The van der Waals surface area contributed by atoms with Gasteiger partial charge in [0.15, 0.2) is 0 Å². The highest BCUT2D eigenvalue weighted by Crippen LogP contribution is 2.23. The highest BCUT2D eigenvalue weighted by molar-refractivity contribution is 9.10. The summed E-state index contributed by atoms with van der Waals surface area (Å²) in [5.74, 6) is 0.591. The number of nitrogens with zero attached hydrogens (tertiary/aromatic N) is 3. The second-order valence-electron chi connectivity index (χ2n) is 5.28. The summed E-state index contributed by atoms with van der Waals surface area (Å²) in [6.45, 7) is 1.64. The number of hydrogen-bond acceptors (Lipinski definition) is 2. The average molecular weight is 334 g/mol. The lowest BCUT2D eigenvalue weighted by Gasteiger charge is -2.39. The van der Waals surface area contributed by atoms with Gasteiger partial charge in [-0.2, -0.15) is 5.10 Å². The van der Waals surface area contributed by atoms with Gasteiger partial charge in [-0.3, -0.25) is 9.48 Å². The summed E-state index contributed by atoms with van der Waals surface area (Å²) in [4.78, 5) is 14.0. The van der Waals surface area contributed by atoms with Crippen molar-refractivity contribution in [2.24, 2.45) is 13.0 Å². The molecule has 1 aromatic heterocycles. The quantitative estimate of drug-likeness (QED) is 0.865. The van der Waals surface area contributed by atoms with Crippen molar-refractivity contribution in [1.29, 1.82) is 0 Å². The molecule has 0 bridgehead atoms. The van der Waals surface area contributed by atoms with E-state index in [4.69, 9.17) is 0 Å². The van der Waals surface area contributed by atoms with E-state index in [2.05, 4.69) is 39.2 Å². The molecule has 104 valence electrons. The summed E-state index contributed by atoms with van der Waals surface area (Å²) < 4.78 is 2.77. The van der Waals surface area contributed by atoms with Gasteiger partial charge in [-0.05, 0) is 36.1 Å². The van der Waals surface area contributed by atoms with Crippen molar-refractivity contribution in [2.75, 3.05) is 13.1 Å². The molecular formula is C15H16BrN3O. The summed E-state index contributed by atoms with van der Waals surface area (Å²) in [5.41, 5.74) is 1.85. The van der Waals surface area contributed by atoms with Gasteiger partial charge in [0.1, 0.15) is 5.69 Å². The van der Waals surface area contributed by atoms with Crippen molar-refractivity contribution < 1.29 is 4.79 Å². The zero-order valence-corrected chi connectivity index (χ0v) is 12.9. The van der Waals surface area contributed by atoms with Crippen molar-refractivity contribution in [3.63, 3.8) is 0 Å². The molecule has 0 N–H and O–H groups in total. The summed E-state index contributed by atoms with van der Waals surface area (Å²) in [6, 6.07) is 10.1. The van der Waals surface area contributed by atoms with Gasteiger partial charge in [-0.15, -0.1) is 0 Å². The van der Waals surface area contributed by atoms with Crippen LogP contribution in [-0.4, -0.2) is 33.7 Å². The molecule has 0 spiro atoms. The van der Waals surface area contributed by atoms with E-state index >= 15 is 0 Å². The van der Waals surface area contributed by atoms with E-state index in [9.17, 15) is 4.79 Å². The number of aryl methyl sites for hydroxylation is 1. The fraction of sp³-hybridized carbons (Fsp3) is 0.333. The fourth-order valence-electron chi connectivity index (χ4n) is 2.55. The number of aromatic nitrogens is 2. The zero-order valence-electron chi connectivity index (χ0n) is 11.3. The first kappa shape index (κ1) is 13.4. The number of carbonyl (C=O) groups is 1. The number of rotatable bonds is 3. The molecule has 5 heteroatoms. The molecule has 1 aliphatic rings. The monoisotopic (exact) mass is 333 g/mol. The minimum absolute atomic E-state index is 0.0380. The largest absolute Gasteiger partial charge is 0.337 e. The molecule has 4 nitrogen and oxygen atoms in total. The third-order valence-electron chi connectivity index (χ3n) is 3.59. The Morgan fingerprint density at radius 1 is 1.40 bits per heavy atom. The Kier molecular flexibility index (Phi) is 3.61. The van der Waals surface area contributed by atoms with Crippen LogP contribution in [0, 0.1) is 5.92 Å². The van der Waals surface area contributed by atoms with Crippen LogP contribution < -0.4 is 0 Å². The minimum atomic E-state index is 0.0380. The summed E-state index contributed by atoms with van der Waals surface area (Å²) in [6.07, 6.45) is 2.82. The Morgan fingerprint density at radius 3 is 2.85 bits per heavy atom. The van der Waals surface area contributed by atoms with E-state index in [1.165, 1.54) is 5.56 Å². The molecule has 0 aliphatic carbocycles. The molecule has 2 heterocycles. The predicted octanol–water partition coefficient (Wildman–Crippen LogP) is 2.50. The SMILES string of the molecule is Cn1ccc(C(=O)N2CC(Cc3cccc(Br)c3)C2)n1. The molecule has 3 rings (SSSR count). The van der Waals surface area contributed by atoms with Gasteiger partial charge < -0.3 is 4.90 Å². The molecule has 1 aromatic carbocycles. The Labute approximate surface area is 126 Å². The normalized spacial score (nSPS) is 15.2. The van der Waals surface area contributed by atoms with E-state index < -0.39 is 0 Å². The first-order valence-corrected chi connectivity index (χ1v) is 7.44. The first-order valence-electron chi connectivity index (χ1n) is 6.65. The van der Waals surface area contributed by atoms with Crippen molar-refractivity contribution in [3.8, 4) is 0 Å². The third kappa shape index (κ3) is 2.77. The van der Waals surface area contributed by atoms with Crippen molar-refractivity contribution >= 4 is 21.8 Å². The Morgan fingerprint density at radius 2 is 2.20 bits per heavy atom. The maximum Gasteiger partial charge on any atom is 0.274 e. The topological polar surface area (TPSA) is 38.1 Å². The van der Waals surface area contributed by atoms with Gasteiger partial charge in [0.2, 0.25) is 0 Å². The van der Waals surface area contributed by atoms with Crippen LogP contribution >= 0.6 is 15.9 Å². The smallest absolute Gasteiger partial charge is 0.274 e. The minimum Gasteiger partial charge on any atom is -0.337 e. The van der Waals surface area contributed by atoms with Gasteiger partial charge in [-0.1, -0.05) is 28.1 Å². The lowest BCUT2D eigenvalue weighted by molar-refractivity contribution is 0.0494. The lowest BCUT2D eigenvalue weighted by Crippen LogP contribution is -2.50. The Bertz CT molecular complexity index is 632. The second kappa shape index (κ2) is 5.40. The van der Waals surface area contributed by atoms with Gasteiger partial charge in [0.05, 0.1) is 0 Å². The molecule has 1 fully saturated rings. The maximum absolute atomic E-state index is 12.1. The number of hydrogen-bond donors (Lipinski definition) is 0. The van der Waals surface area contributed by atoms with Crippen LogP contribution in [0.15, 0.2) is 41.0 Å². The second-order valence-corrected chi connectivity index (χ2v) is 6.20. The molecule has 1 amide bonds. The predicted molar refractivity (Wildman–Crippen MR) is 80.4 cm³/mol. The highest BCUT2D eigenvalue weighted by atomic mass is 79.9. The number of benzene rings is 1. The van der Waals surface area contributed by atoms with Crippen molar-refractivity contribution in [3.05, 3.63) is 52.3 Å². The molecule has 20 heavy (non-hydrogen) atoms. The molecule has 0 radical (unpaired) electrons. The van der Waals surface area contributed by atoms with Gasteiger partial charge in [-0.25, -0.2) is 0 Å². The van der Waals surface area contributed by atoms with Gasteiger partial charge in [0.25, 0.3) is 5.91 Å². The number of amides is 1. The van der Waals surface area contributed by atoms with Gasteiger partial charge >= 0.3 is 0 Å². The van der Waals surface area contributed by atoms with E-state index in [0.717, 1.165) is 24.0 Å². The van der Waals surface area contributed by atoms with E-state index in [-0.39, 0.29) is 5.91 Å². The Balaban J connectivity index is 1.55. The van der Waals surface area contributed by atoms with Crippen molar-refractivity contribution in [1.82, 2.24) is 14.7 Å². The van der Waals surface area contributed by atoms with Crippen LogP contribution in [0.3, 0.4) is 0 Å². The van der Waals surface area contributed by atoms with Crippen LogP contribution in [-0.2, 0) is 13.5 Å². The Hall–Kier alpha value is -1.62. The van der Waals surface area contributed by atoms with Gasteiger partial charge in [0, 0.05) is 30.8 Å². The summed E-state index contributed by atoms with van der Waals surface area (Å²) >= 11 is 3.48. The molecule has 1 aliphatic heterocycles.